The van der Waals surface area contributed by atoms with Crippen LogP contribution in [-0.4, -0.2) is 13.1 Å². The predicted octanol–water partition coefficient (Wildman–Crippen LogP) is 5.08. The van der Waals surface area contributed by atoms with Gasteiger partial charge in [0.15, 0.2) is 0 Å². The van der Waals surface area contributed by atoms with Crippen LogP contribution in [0.3, 0.4) is 0 Å². The number of ether oxygens (including phenoxy) is 1. The number of methoxy groups -OCH3 is 1. The van der Waals surface area contributed by atoms with Gasteiger partial charge in [-0.05, 0) is 50.7 Å². The molecule has 0 heterocycles. The van der Waals surface area contributed by atoms with E-state index in [9.17, 15) is 4.79 Å². The van der Waals surface area contributed by atoms with E-state index in [4.69, 9.17) is 4.74 Å². The average Bonchev–Trinajstić information content (AvgIpc) is 2.60. The number of hydrogen-bond acceptors (Lipinski definition) is 2. The number of carbonyl (C=O) groups excluding carboxylic acids is 1. The second kappa shape index (κ2) is 5.54. The number of aryl methyl sites for hydroxylation is 1. The summed E-state index contributed by atoms with van der Waals surface area (Å²) in [6.45, 7) is 0. The van der Waals surface area contributed by atoms with Crippen molar-refractivity contribution in [2.45, 2.75) is 19.3 Å². The fourth-order valence-electron chi connectivity index (χ4n) is 3.54. The minimum absolute atomic E-state index is 0.136. The standard InChI is InChI=1S/C21H18O2/c1-23-19(22)7-3-4-14-8-9-17-11-10-15-5-2-6-16-12-13-18(14)21(17)20(15)16/h2,5-6,8-13H,3-4,7H2,1H3. The summed E-state index contributed by atoms with van der Waals surface area (Å²) in [5.74, 6) is -0.136. The van der Waals surface area contributed by atoms with Crippen LogP contribution in [0, 0.1) is 0 Å². The molecular weight excluding hydrogens is 284 g/mol. The second-order valence-corrected chi connectivity index (χ2v) is 6.01. The van der Waals surface area contributed by atoms with Gasteiger partial charge in [-0.1, -0.05) is 54.6 Å². The summed E-state index contributed by atoms with van der Waals surface area (Å²) in [6, 6.07) is 19.7. The summed E-state index contributed by atoms with van der Waals surface area (Å²) >= 11 is 0. The maximum Gasteiger partial charge on any atom is 0.305 e. The predicted molar refractivity (Wildman–Crippen MR) is 95.1 cm³/mol. The Kier molecular flexibility index (Phi) is 3.38. The van der Waals surface area contributed by atoms with Crippen molar-refractivity contribution in [3.05, 3.63) is 60.2 Å². The Morgan fingerprint density at radius 3 is 2.26 bits per heavy atom. The Morgan fingerprint density at radius 2 is 1.52 bits per heavy atom. The van der Waals surface area contributed by atoms with E-state index in [0.29, 0.717) is 6.42 Å². The van der Waals surface area contributed by atoms with Gasteiger partial charge in [0.25, 0.3) is 0 Å². The van der Waals surface area contributed by atoms with Crippen LogP contribution in [0.1, 0.15) is 18.4 Å². The molecule has 0 spiro atoms. The van der Waals surface area contributed by atoms with E-state index in [2.05, 4.69) is 54.6 Å². The van der Waals surface area contributed by atoms with E-state index in [0.717, 1.165) is 12.8 Å². The van der Waals surface area contributed by atoms with Crippen molar-refractivity contribution < 1.29 is 9.53 Å². The van der Waals surface area contributed by atoms with Crippen LogP contribution in [0.25, 0.3) is 32.3 Å². The number of hydrogen-bond donors (Lipinski definition) is 0. The summed E-state index contributed by atoms with van der Waals surface area (Å²) in [5.41, 5.74) is 1.31. The molecule has 0 radical (unpaired) electrons. The van der Waals surface area contributed by atoms with Crippen LogP contribution in [0.4, 0.5) is 0 Å². The van der Waals surface area contributed by atoms with Gasteiger partial charge in [0.1, 0.15) is 0 Å². The molecule has 0 aliphatic carbocycles. The maximum absolute atomic E-state index is 11.3. The molecule has 0 fully saturated rings. The molecule has 0 atom stereocenters. The van der Waals surface area contributed by atoms with E-state index in [1.165, 1.54) is 45.0 Å². The third-order valence-electron chi connectivity index (χ3n) is 4.67. The molecular formula is C21H18O2. The molecule has 4 aromatic carbocycles. The molecule has 0 saturated carbocycles. The van der Waals surface area contributed by atoms with E-state index in [1.54, 1.807) is 0 Å². The highest BCUT2D eigenvalue weighted by molar-refractivity contribution is 6.23. The lowest BCUT2D eigenvalue weighted by molar-refractivity contribution is -0.140. The lowest BCUT2D eigenvalue weighted by Crippen LogP contribution is -2.00. The van der Waals surface area contributed by atoms with E-state index in [-0.39, 0.29) is 5.97 Å². The largest absolute Gasteiger partial charge is 0.469 e. The van der Waals surface area contributed by atoms with Gasteiger partial charge < -0.3 is 4.74 Å². The normalized spacial score (nSPS) is 11.5. The highest BCUT2D eigenvalue weighted by atomic mass is 16.5. The van der Waals surface area contributed by atoms with Gasteiger partial charge in [0.2, 0.25) is 0 Å². The molecule has 4 rings (SSSR count). The third-order valence-corrected chi connectivity index (χ3v) is 4.67. The van der Waals surface area contributed by atoms with Crippen molar-refractivity contribution in [1.29, 1.82) is 0 Å². The lowest BCUT2D eigenvalue weighted by Gasteiger charge is -2.13. The fourth-order valence-corrected chi connectivity index (χ4v) is 3.54. The molecule has 2 nitrogen and oxygen atoms in total. The van der Waals surface area contributed by atoms with Gasteiger partial charge in [-0.3, -0.25) is 4.79 Å². The van der Waals surface area contributed by atoms with Crippen LogP contribution in [0.5, 0.6) is 0 Å². The number of benzene rings is 4. The molecule has 0 amide bonds. The van der Waals surface area contributed by atoms with Gasteiger partial charge in [-0.25, -0.2) is 0 Å². The Labute approximate surface area is 135 Å². The van der Waals surface area contributed by atoms with Gasteiger partial charge in [-0.2, -0.15) is 0 Å². The van der Waals surface area contributed by atoms with E-state index in [1.807, 2.05) is 0 Å². The van der Waals surface area contributed by atoms with Crippen molar-refractivity contribution in [2.24, 2.45) is 0 Å². The van der Waals surface area contributed by atoms with Gasteiger partial charge in [0, 0.05) is 6.42 Å². The molecule has 0 aliphatic heterocycles. The highest BCUT2D eigenvalue weighted by Gasteiger charge is 2.11. The van der Waals surface area contributed by atoms with E-state index >= 15 is 0 Å². The van der Waals surface area contributed by atoms with Crippen molar-refractivity contribution in [2.75, 3.05) is 7.11 Å². The van der Waals surface area contributed by atoms with Crippen molar-refractivity contribution in [1.82, 2.24) is 0 Å². The molecule has 0 unspecified atom stereocenters. The second-order valence-electron chi connectivity index (χ2n) is 6.01. The Hall–Kier alpha value is -2.61. The van der Waals surface area contributed by atoms with Gasteiger partial charge in [0.05, 0.1) is 7.11 Å². The lowest BCUT2D eigenvalue weighted by atomic mass is 9.90. The summed E-state index contributed by atoms with van der Waals surface area (Å²) < 4.78 is 4.73. The SMILES string of the molecule is COC(=O)CCCc1ccc2ccc3cccc4ccc1c2c34. The van der Waals surface area contributed by atoms with Crippen LogP contribution in [0.15, 0.2) is 54.6 Å². The zero-order valence-electron chi connectivity index (χ0n) is 13.1. The quantitative estimate of drug-likeness (QED) is 0.388. The minimum atomic E-state index is -0.136. The first-order chi connectivity index (χ1) is 11.3. The molecule has 23 heavy (non-hydrogen) atoms. The van der Waals surface area contributed by atoms with Gasteiger partial charge >= 0.3 is 5.97 Å². The molecule has 114 valence electrons. The molecule has 0 saturated heterocycles. The number of carbonyl (C=O) groups is 1. The smallest absolute Gasteiger partial charge is 0.305 e. The monoisotopic (exact) mass is 302 g/mol. The van der Waals surface area contributed by atoms with Crippen LogP contribution < -0.4 is 0 Å². The Balaban J connectivity index is 1.85. The molecule has 0 aliphatic rings. The number of esters is 1. The first kappa shape index (κ1) is 14.0. The maximum atomic E-state index is 11.3. The van der Waals surface area contributed by atoms with Gasteiger partial charge in [-0.15, -0.1) is 0 Å². The average molecular weight is 302 g/mol. The Bertz CT molecular complexity index is 985. The molecule has 4 aromatic rings. The molecule has 0 aromatic heterocycles. The zero-order chi connectivity index (χ0) is 15.8. The van der Waals surface area contributed by atoms with Crippen molar-refractivity contribution in [3.63, 3.8) is 0 Å². The third kappa shape index (κ3) is 2.31. The number of rotatable bonds is 4. The zero-order valence-corrected chi connectivity index (χ0v) is 13.1. The topological polar surface area (TPSA) is 26.3 Å². The summed E-state index contributed by atoms with van der Waals surface area (Å²) in [4.78, 5) is 11.3. The first-order valence-electron chi connectivity index (χ1n) is 8.00. The van der Waals surface area contributed by atoms with Crippen molar-refractivity contribution in [3.8, 4) is 0 Å². The highest BCUT2D eigenvalue weighted by Crippen LogP contribution is 2.36. The Morgan fingerprint density at radius 1 is 0.870 bits per heavy atom. The van der Waals surface area contributed by atoms with Crippen LogP contribution in [-0.2, 0) is 16.0 Å². The summed E-state index contributed by atoms with van der Waals surface area (Å²) in [6.07, 6.45) is 2.18. The molecule has 2 heteroatoms. The minimum Gasteiger partial charge on any atom is -0.469 e. The van der Waals surface area contributed by atoms with E-state index < -0.39 is 0 Å². The summed E-state index contributed by atoms with van der Waals surface area (Å²) in [5, 5.41) is 7.84. The molecule has 0 N–H and O–H groups in total. The molecule has 0 bridgehead atoms. The summed E-state index contributed by atoms with van der Waals surface area (Å²) in [7, 11) is 1.44. The fraction of sp³-hybridized carbons (Fsp3) is 0.190. The van der Waals surface area contributed by atoms with Crippen LogP contribution in [0.2, 0.25) is 0 Å². The van der Waals surface area contributed by atoms with Crippen molar-refractivity contribution >= 4 is 38.3 Å². The van der Waals surface area contributed by atoms with Crippen LogP contribution >= 0.6 is 0 Å². The first-order valence-corrected chi connectivity index (χ1v) is 8.00.